The number of carbonyl (C=O) groups excluding carboxylic acids is 1. The predicted octanol–water partition coefficient (Wildman–Crippen LogP) is 3.85. The number of carbonyl (C=O) groups is 1. The number of hydrogen-bond donors (Lipinski definition) is 0. The Morgan fingerprint density at radius 2 is 1.81 bits per heavy atom. The molecule has 0 saturated heterocycles. The molecular weight excluding hydrogens is 260 g/mol. The Morgan fingerprint density at radius 3 is 2.38 bits per heavy atom. The Labute approximate surface area is 125 Å². The van der Waals surface area contributed by atoms with Crippen LogP contribution >= 0.6 is 0 Å². The van der Waals surface area contributed by atoms with Gasteiger partial charge in [-0.25, -0.2) is 9.97 Å². The van der Waals surface area contributed by atoms with Gasteiger partial charge in [0.2, 0.25) is 0 Å². The summed E-state index contributed by atoms with van der Waals surface area (Å²) in [7, 11) is 0. The number of benzene rings is 1. The van der Waals surface area contributed by atoms with Crippen molar-refractivity contribution in [3.05, 3.63) is 59.2 Å². The first kappa shape index (κ1) is 13.9. The molecule has 0 atom stereocenters. The molecule has 0 radical (unpaired) electrons. The molecule has 0 N–H and O–H groups in total. The lowest BCUT2D eigenvalue weighted by molar-refractivity contribution is 0.101. The van der Waals surface area contributed by atoms with Gasteiger partial charge in [-0.1, -0.05) is 43.2 Å². The molecule has 0 spiro atoms. The van der Waals surface area contributed by atoms with Gasteiger partial charge in [-0.15, -0.1) is 0 Å². The molecule has 1 fully saturated rings. The van der Waals surface area contributed by atoms with Gasteiger partial charge < -0.3 is 0 Å². The van der Waals surface area contributed by atoms with Crippen LogP contribution < -0.4 is 0 Å². The van der Waals surface area contributed by atoms with Gasteiger partial charge in [-0.3, -0.25) is 4.79 Å². The average molecular weight is 280 g/mol. The normalized spacial score (nSPS) is 16.9. The van der Waals surface area contributed by atoms with E-state index >= 15 is 0 Å². The molecule has 0 aliphatic heterocycles. The predicted molar refractivity (Wildman–Crippen MR) is 82.5 cm³/mol. The van der Waals surface area contributed by atoms with Crippen molar-refractivity contribution >= 4 is 5.78 Å². The summed E-state index contributed by atoms with van der Waals surface area (Å²) in [6.07, 6.45) is 6.26. The molecule has 1 aliphatic rings. The molecule has 1 saturated carbocycles. The van der Waals surface area contributed by atoms with E-state index in [4.69, 9.17) is 4.98 Å². The lowest BCUT2D eigenvalue weighted by Crippen LogP contribution is -2.27. The molecule has 3 heteroatoms. The van der Waals surface area contributed by atoms with Crippen LogP contribution in [0.4, 0.5) is 0 Å². The van der Waals surface area contributed by atoms with E-state index in [1.165, 1.54) is 18.4 Å². The maximum atomic E-state index is 11.6. The summed E-state index contributed by atoms with van der Waals surface area (Å²) in [6.45, 7) is 3.46. The van der Waals surface area contributed by atoms with Gasteiger partial charge in [0, 0.05) is 6.20 Å². The summed E-state index contributed by atoms with van der Waals surface area (Å²) in [6, 6.07) is 10.5. The summed E-state index contributed by atoms with van der Waals surface area (Å²) in [4.78, 5) is 20.8. The van der Waals surface area contributed by atoms with E-state index in [1.807, 2.05) is 13.0 Å². The van der Waals surface area contributed by atoms with E-state index in [0.29, 0.717) is 5.56 Å². The van der Waals surface area contributed by atoms with Crippen LogP contribution in [0.15, 0.2) is 36.5 Å². The smallest absolute Gasteiger partial charge is 0.163 e. The fourth-order valence-electron chi connectivity index (χ4n) is 3.42. The molecule has 0 bridgehead atoms. The SMILES string of the molecule is CC(=O)c1cnc(C2(c3ccccc3)CCCC2)nc1C. The fraction of sp³-hybridized carbons (Fsp3) is 0.389. The van der Waals surface area contributed by atoms with Crippen molar-refractivity contribution in [3.63, 3.8) is 0 Å². The highest BCUT2D eigenvalue weighted by Crippen LogP contribution is 2.44. The third-order valence-electron chi connectivity index (χ3n) is 4.57. The van der Waals surface area contributed by atoms with E-state index in [1.54, 1.807) is 13.1 Å². The van der Waals surface area contributed by atoms with E-state index in [0.717, 1.165) is 24.4 Å². The Hall–Kier alpha value is -2.03. The van der Waals surface area contributed by atoms with E-state index in [-0.39, 0.29) is 11.2 Å². The standard InChI is InChI=1S/C18H20N2O/c1-13-16(14(2)21)12-19-17(20-13)18(10-6-7-11-18)15-8-4-3-5-9-15/h3-5,8-9,12H,6-7,10-11H2,1-2H3. The Balaban J connectivity index is 2.11. The lowest BCUT2D eigenvalue weighted by atomic mass is 9.78. The zero-order valence-electron chi connectivity index (χ0n) is 12.6. The Morgan fingerprint density at radius 1 is 1.14 bits per heavy atom. The highest BCUT2D eigenvalue weighted by atomic mass is 16.1. The third-order valence-corrected chi connectivity index (χ3v) is 4.57. The van der Waals surface area contributed by atoms with E-state index in [9.17, 15) is 4.79 Å². The molecule has 21 heavy (non-hydrogen) atoms. The first-order valence-corrected chi connectivity index (χ1v) is 7.54. The highest BCUT2D eigenvalue weighted by molar-refractivity contribution is 5.94. The third kappa shape index (κ3) is 2.37. The number of aryl methyl sites for hydroxylation is 1. The summed E-state index contributed by atoms with van der Waals surface area (Å²) in [5, 5.41) is 0. The Kier molecular flexibility index (Phi) is 3.58. The number of nitrogens with zero attached hydrogens (tertiary/aromatic N) is 2. The van der Waals surface area contributed by atoms with Crippen molar-refractivity contribution in [1.82, 2.24) is 9.97 Å². The molecule has 1 heterocycles. The van der Waals surface area contributed by atoms with Crippen LogP contribution in [-0.2, 0) is 5.41 Å². The highest BCUT2D eigenvalue weighted by Gasteiger charge is 2.40. The summed E-state index contributed by atoms with van der Waals surface area (Å²) in [5.41, 5.74) is 2.62. The first-order valence-electron chi connectivity index (χ1n) is 7.54. The Bertz CT molecular complexity index is 658. The van der Waals surface area contributed by atoms with Gasteiger partial charge in [0.1, 0.15) is 5.82 Å². The maximum absolute atomic E-state index is 11.6. The van der Waals surface area contributed by atoms with Gasteiger partial charge in [-0.2, -0.15) is 0 Å². The molecular formula is C18H20N2O. The molecule has 2 aromatic rings. The summed E-state index contributed by atoms with van der Waals surface area (Å²) in [5.74, 6) is 0.896. The van der Waals surface area contributed by atoms with E-state index in [2.05, 4.69) is 29.2 Å². The second kappa shape index (κ2) is 5.40. The van der Waals surface area contributed by atoms with Crippen molar-refractivity contribution in [3.8, 4) is 0 Å². The van der Waals surface area contributed by atoms with Crippen molar-refractivity contribution < 1.29 is 4.79 Å². The van der Waals surface area contributed by atoms with Crippen LogP contribution in [0.5, 0.6) is 0 Å². The molecule has 1 aliphatic carbocycles. The minimum atomic E-state index is -0.0820. The molecule has 1 aromatic carbocycles. The fourth-order valence-corrected chi connectivity index (χ4v) is 3.42. The van der Waals surface area contributed by atoms with Crippen LogP contribution in [-0.4, -0.2) is 15.8 Å². The van der Waals surface area contributed by atoms with Crippen LogP contribution in [0.1, 0.15) is 60.0 Å². The number of aromatic nitrogens is 2. The second-order valence-electron chi connectivity index (χ2n) is 5.90. The zero-order valence-corrected chi connectivity index (χ0v) is 12.6. The minimum Gasteiger partial charge on any atom is -0.294 e. The molecule has 3 nitrogen and oxygen atoms in total. The zero-order chi connectivity index (χ0) is 14.9. The molecule has 108 valence electrons. The second-order valence-corrected chi connectivity index (χ2v) is 5.90. The van der Waals surface area contributed by atoms with Gasteiger partial charge >= 0.3 is 0 Å². The van der Waals surface area contributed by atoms with Crippen molar-refractivity contribution in [2.24, 2.45) is 0 Å². The maximum Gasteiger partial charge on any atom is 0.163 e. The topological polar surface area (TPSA) is 42.9 Å². The van der Waals surface area contributed by atoms with Crippen LogP contribution in [0.25, 0.3) is 0 Å². The lowest BCUT2D eigenvalue weighted by Gasteiger charge is -2.28. The van der Waals surface area contributed by atoms with Gasteiger partial charge in [0.15, 0.2) is 5.78 Å². The largest absolute Gasteiger partial charge is 0.294 e. The number of rotatable bonds is 3. The average Bonchev–Trinajstić information content (AvgIpc) is 2.98. The quantitative estimate of drug-likeness (QED) is 0.802. The van der Waals surface area contributed by atoms with Crippen molar-refractivity contribution in [2.75, 3.05) is 0 Å². The number of Topliss-reactive ketones (excluding diaryl/α,β-unsaturated/α-hetero) is 1. The molecule has 3 rings (SSSR count). The summed E-state index contributed by atoms with van der Waals surface area (Å²) < 4.78 is 0. The summed E-state index contributed by atoms with van der Waals surface area (Å²) >= 11 is 0. The number of ketones is 1. The monoisotopic (exact) mass is 280 g/mol. The van der Waals surface area contributed by atoms with Gasteiger partial charge in [-0.05, 0) is 32.3 Å². The molecule has 0 amide bonds. The molecule has 1 aromatic heterocycles. The van der Waals surface area contributed by atoms with Gasteiger partial charge in [0.05, 0.1) is 16.7 Å². The number of hydrogen-bond acceptors (Lipinski definition) is 3. The van der Waals surface area contributed by atoms with Crippen LogP contribution in [0, 0.1) is 6.92 Å². The van der Waals surface area contributed by atoms with Crippen LogP contribution in [0.3, 0.4) is 0 Å². The first-order chi connectivity index (χ1) is 10.1. The van der Waals surface area contributed by atoms with Crippen molar-refractivity contribution in [1.29, 1.82) is 0 Å². The van der Waals surface area contributed by atoms with E-state index < -0.39 is 0 Å². The van der Waals surface area contributed by atoms with Gasteiger partial charge in [0.25, 0.3) is 0 Å². The van der Waals surface area contributed by atoms with Crippen molar-refractivity contribution in [2.45, 2.75) is 44.9 Å². The molecule has 0 unspecified atom stereocenters. The minimum absolute atomic E-state index is 0.0271. The van der Waals surface area contributed by atoms with Crippen LogP contribution in [0.2, 0.25) is 0 Å².